The number of ether oxygens (including phenoxy) is 3. The van der Waals surface area contributed by atoms with Crippen molar-refractivity contribution in [1.29, 1.82) is 0 Å². The molecule has 0 radical (unpaired) electrons. The summed E-state index contributed by atoms with van der Waals surface area (Å²) < 4.78 is 16.8. The van der Waals surface area contributed by atoms with E-state index in [1.807, 2.05) is 0 Å². The van der Waals surface area contributed by atoms with E-state index >= 15 is 0 Å². The van der Waals surface area contributed by atoms with Crippen molar-refractivity contribution in [3.8, 4) is 0 Å². The number of rotatable bonds is 43. The third-order valence-electron chi connectivity index (χ3n) is 11.3. The van der Waals surface area contributed by atoms with Gasteiger partial charge in [0.2, 0.25) is 0 Å². The summed E-state index contributed by atoms with van der Waals surface area (Å²) in [7, 11) is 0. The van der Waals surface area contributed by atoms with E-state index in [0.717, 1.165) is 69.6 Å². The Bertz CT molecular complexity index is 841. The Hall–Kier alpha value is -1.59. The van der Waals surface area contributed by atoms with Crippen molar-refractivity contribution in [3.63, 3.8) is 0 Å². The van der Waals surface area contributed by atoms with Crippen molar-refractivity contribution in [1.82, 2.24) is 0 Å². The Labute approximate surface area is 342 Å². The molecule has 0 saturated heterocycles. The average Bonchev–Trinajstić information content (AvgIpc) is 3.17. The summed E-state index contributed by atoms with van der Waals surface area (Å²) in [6.07, 6.45) is 40.8. The standard InChI is InChI=1S/C49H94O6/c1-6-8-9-10-11-12-14-18-24-29-34-39-47(50)53-42-46(55-49(52)41-36-31-26-21-20-23-28-33-38-45(5)7-2)43-54-48(51)40-35-30-25-19-16-13-15-17-22-27-32-37-44(3)4/h44-46H,6-43H2,1-5H3/t45?,46-/m0/s1. The van der Waals surface area contributed by atoms with Crippen LogP contribution < -0.4 is 0 Å². The van der Waals surface area contributed by atoms with E-state index in [2.05, 4.69) is 34.6 Å². The van der Waals surface area contributed by atoms with Gasteiger partial charge >= 0.3 is 17.9 Å². The number of hydrogen-bond acceptors (Lipinski definition) is 6. The number of unbranched alkanes of at least 4 members (excludes halogenated alkanes) is 27. The first kappa shape index (κ1) is 53.4. The lowest BCUT2D eigenvalue weighted by Gasteiger charge is -2.18. The largest absolute Gasteiger partial charge is 0.462 e. The highest BCUT2D eigenvalue weighted by molar-refractivity contribution is 5.71. The molecule has 55 heavy (non-hydrogen) atoms. The molecule has 0 heterocycles. The number of hydrogen-bond donors (Lipinski definition) is 0. The molecular formula is C49H94O6. The normalized spacial score (nSPS) is 12.5. The van der Waals surface area contributed by atoms with Gasteiger partial charge in [-0.25, -0.2) is 0 Å². The van der Waals surface area contributed by atoms with Gasteiger partial charge in [-0.05, 0) is 31.1 Å². The Kier molecular flexibility index (Phi) is 40.8. The summed E-state index contributed by atoms with van der Waals surface area (Å²) in [6, 6.07) is 0. The second kappa shape index (κ2) is 42.0. The van der Waals surface area contributed by atoms with Crippen molar-refractivity contribution in [2.45, 2.75) is 272 Å². The molecule has 6 heteroatoms. The minimum absolute atomic E-state index is 0.0646. The minimum atomic E-state index is -0.761. The van der Waals surface area contributed by atoms with Crippen LogP contribution in [0.25, 0.3) is 0 Å². The fourth-order valence-electron chi connectivity index (χ4n) is 7.25. The molecule has 0 spiro atoms. The van der Waals surface area contributed by atoms with Crippen LogP contribution in [0.3, 0.4) is 0 Å². The predicted octanol–water partition coefficient (Wildman–Crippen LogP) is 15.4. The first-order chi connectivity index (χ1) is 26.8. The Morgan fingerprint density at radius 1 is 0.382 bits per heavy atom. The Morgan fingerprint density at radius 2 is 0.691 bits per heavy atom. The molecule has 0 N–H and O–H groups in total. The van der Waals surface area contributed by atoms with Crippen LogP contribution in [0, 0.1) is 11.8 Å². The van der Waals surface area contributed by atoms with Gasteiger partial charge in [-0.3, -0.25) is 14.4 Å². The molecule has 0 aliphatic heterocycles. The van der Waals surface area contributed by atoms with E-state index in [4.69, 9.17) is 14.2 Å². The molecule has 0 aliphatic rings. The lowest BCUT2D eigenvalue weighted by atomic mass is 9.99. The third-order valence-corrected chi connectivity index (χ3v) is 11.3. The van der Waals surface area contributed by atoms with E-state index < -0.39 is 6.10 Å². The van der Waals surface area contributed by atoms with Crippen molar-refractivity contribution >= 4 is 17.9 Å². The molecule has 0 bridgehead atoms. The monoisotopic (exact) mass is 779 g/mol. The van der Waals surface area contributed by atoms with Gasteiger partial charge < -0.3 is 14.2 Å². The zero-order valence-electron chi connectivity index (χ0n) is 37.6. The average molecular weight is 779 g/mol. The molecule has 0 amide bonds. The molecular weight excluding hydrogens is 685 g/mol. The van der Waals surface area contributed by atoms with Gasteiger partial charge in [0, 0.05) is 19.3 Å². The van der Waals surface area contributed by atoms with E-state index in [0.29, 0.717) is 19.3 Å². The summed E-state index contributed by atoms with van der Waals surface area (Å²) in [6.45, 7) is 11.3. The van der Waals surface area contributed by atoms with Crippen molar-refractivity contribution < 1.29 is 28.6 Å². The molecule has 0 aliphatic carbocycles. The van der Waals surface area contributed by atoms with Gasteiger partial charge in [-0.15, -0.1) is 0 Å². The van der Waals surface area contributed by atoms with Gasteiger partial charge in [-0.2, -0.15) is 0 Å². The van der Waals surface area contributed by atoms with E-state index in [9.17, 15) is 14.4 Å². The van der Waals surface area contributed by atoms with Crippen LogP contribution in [-0.2, 0) is 28.6 Å². The molecule has 0 aromatic carbocycles. The van der Waals surface area contributed by atoms with Crippen LogP contribution >= 0.6 is 0 Å². The van der Waals surface area contributed by atoms with Crippen LogP contribution in [0.1, 0.15) is 266 Å². The molecule has 0 rings (SSSR count). The highest BCUT2D eigenvalue weighted by Gasteiger charge is 2.19. The zero-order chi connectivity index (χ0) is 40.5. The molecule has 0 fully saturated rings. The first-order valence-electron chi connectivity index (χ1n) is 24.3. The zero-order valence-corrected chi connectivity index (χ0v) is 37.6. The fraction of sp³-hybridized carbons (Fsp3) is 0.939. The Balaban J connectivity index is 4.33. The highest BCUT2D eigenvalue weighted by Crippen LogP contribution is 2.17. The van der Waals surface area contributed by atoms with E-state index in [1.54, 1.807) is 0 Å². The van der Waals surface area contributed by atoms with E-state index in [-0.39, 0.29) is 31.1 Å². The quantitative estimate of drug-likeness (QED) is 0.0348. The molecule has 2 atom stereocenters. The fourth-order valence-corrected chi connectivity index (χ4v) is 7.25. The number of carbonyl (C=O) groups is 3. The van der Waals surface area contributed by atoms with Gasteiger partial charge in [0.25, 0.3) is 0 Å². The Morgan fingerprint density at radius 3 is 1.04 bits per heavy atom. The summed E-state index contributed by atoms with van der Waals surface area (Å²) in [5.41, 5.74) is 0. The second-order valence-corrected chi connectivity index (χ2v) is 17.5. The maximum Gasteiger partial charge on any atom is 0.306 e. The van der Waals surface area contributed by atoms with Crippen LogP contribution in [0.4, 0.5) is 0 Å². The lowest BCUT2D eigenvalue weighted by Crippen LogP contribution is -2.30. The van der Waals surface area contributed by atoms with Crippen molar-refractivity contribution in [2.24, 2.45) is 11.8 Å². The van der Waals surface area contributed by atoms with Gasteiger partial charge in [-0.1, -0.05) is 227 Å². The molecule has 0 saturated carbocycles. The van der Waals surface area contributed by atoms with Crippen LogP contribution in [0.5, 0.6) is 0 Å². The first-order valence-corrected chi connectivity index (χ1v) is 24.3. The molecule has 0 aromatic rings. The maximum atomic E-state index is 12.7. The van der Waals surface area contributed by atoms with Crippen LogP contribution in [0.2, 0.25) is 0 Å². The highest BCUT2D eigenvalue weighted by atomic mass is 16.6. The van der Waals surface area contributed by atoms with Gasteiger partial charge in [0.15, 0.2) is 6.10 Å². The lowest BCUT2D eigenvalue weighted by molar-refractivity contribution is -0.167. The van der Waals surface area contributed by atoms with Crippen LogP contribution in [0.15, 0.2) is 0 Å². The molecule has 0 aromatic heterocycles. The minimum Gasteiger partial charge on any atom is -0.462 e. The maximum absolute atomic E-state index is 12.7. The number of esters is 3. The predicted molar refractivity (Wildman–Crippen MR) is 233 cm³/mol. The molecule has 1 unspecified atom stereocenters. The van der Waals surface area contributed by atoms with Crippen molar-refractivity contribution in [2.75, 3.05) is 13.2 Å². The van der Waals surface area contributed by atoms with Crippen molar-refractivity contribution in [3.05, 3.63) is 0 Å². The van der Waals surface area contributed by atoms with Crippen LogP contribution in [-0.4, -0.2) is 37.2 Å². The molecule has 326 valence electrons. The second-order valence-electron chi connectivity index (χ2n) is 17.5. The summed E-state index contributed by atoms with van der Waals surface area (Å²) >= 11 is 0. The summed E-state index contributed by atoms with van der Waals surface area (Å²) in [4.78, 5) is 37.8. The van der Waals surface area contributed by atoms with Gasteiger partial charge in [0.1, 0.15) is 13.2 Å². The topological polar surface area (TPSA) is 78.9 Å². The summed E-state index contributed by atoms with van der Waals surface area (Å²) in [5, 5.41) is 0. The number of carbonyl (C=O) groups excluding carboxylic acids is 3. The smallest absolute Gasteiger partial charge is 0.306 e. The third kappa shape index (κ3) is 41.9. The van der Waals surface area contributed by atoms with E-state index in [1.165, 1.54) is 154 Å². The SMILES string of the molecule is CCCCCCCCCCCCCC(=O)OC[C@@H](COC(=O)CCCCCCCCCCCCCC(C)C)OC(=O)CCCCCCCCCCC(C)CC. The summed E-state index contributed by atoms with van der Waals surface area (Å²) in [5.74, 6) is 0.817. The van der Waals surface area contributed by atoms with Gasteiger partial charge in [0.05, 0.1) is 0 Å². The molecule has 6 nitrogen and oxygen atoms in total.